The van der Waals surface area contributed by atoms with E-state index in [1.165, 1.54) is 18.9 Å². The highest BCUT2D eigenvalue weighted by atomic mass is 79.9. The maximum absolute atomic E-state index is 13.0. The number of alkyl halides is 1. The summed E-state index contributed by atoms with van der Waals surface area (Å²) in [5.41, 5.74) is 1.15. The third kappa shape index (κ3) is 3.18. The minimum atomic E-state index is -0.205. The molecule has 0 saturated heterocycles. The number of aryl methyl sites for hydroxylation is 1. The minimum absolute atomic E-state index is 0.205. The molecule has 1 unspecified atom stereocenters. The lowest BCUT2D eigenvalue weighted by molar-refractivity contribution is 0.618. The molecular weight excluding hydrogens is 278 g/mol. The van der Waals surface area contributed by atoms with Crippen LogP contribution in [0.4, 0.5) is 4.39 Å². The van der Waals surface area contributed by atoms with Gasteiger partial charge in [-0.25, -0.2) is 4.39 Å². The second-order valence-corrected chi connectivity index (χ2v) is 5.56. The van der Waals surface area contributed by atoms with Gasteiger partial charge in [0, 0.05) is 5.38 Å². The highest BCUT2D eigenvalue weighted by Crippen LogP contribution is 2.37. The van der Waals surface area contributed by atoms with E-state index in [0.29, 0.717) is 9.85 Å². The summed E-state index contributed by atoms with van der Waals surface area (Å²) < 4.78 is 13.5. The number of hydrogen-bond acceptors (Lipinski definition) is 0. The molecule has 0 N–H and O–H groups in total. The van der Waals surface area contributed by atoms with E-state index in [0.717, 1.165) is 24.3 Å². The van der Waals surface area contributed by atoms with Gasteiger partial charge in [-0.2, -0.15) is 0 Å². The van der Waals surface area contributed by atoms with Gasteiger partial charge in [-0.05, 0) is 65.2 Å². The van der Waals surface area contributed by atoms with Gasteiger partial charge in [-0.15, -0.1) is 11.6 Å². The van der Waals surface area contributed by atoms with E-state index in [2.05, 4.69) is 15.9 Å². The fourth-order valence-electron chi connectivity index (χ4n) is 1.69. The molecule has 1 aromatic carbocycles. The van der Waals surface area contributed by atoms with E-state index < -0.39 is 0 Å². The summed E-state index contributed by atoms with van der Waals surface area (Å²) in [6, 6.07) is 5.17. The van der Waals surface area contributed by atoms with Gasteiger partial charge in [0.1, 0.15) is 5.82 Å². The van der Waals surface area contributed by atoms with Gasteiger partial charge in [0.05, 0.1) is 4.47 Å². The van der Waals surface area contributed by atoms with E-state index in [4.69, 9.17) is 11.6 Å². The fraction of sp³-hybridized carbons (Fsp3) is 0.500. The molecule has 15 heavy (non-hydrogen) atoms. The van der Waals surface area contributed by atoms with Gasteiger partial charge in [0.15, 0.2) is 0 Å². The van der Waals surface area contributed by atoms with Crippen molar-refractivity contribution < 1.29 is 4.39 Å². The molecule has 1 saturated carbocycles. The smallest absolute Gasteiger partial charge is 0.137 e. The Balaban J connectivity index is 1.89. The summed E-state index contributed by atoms with van der Waals surface area (Å²) in [5.74, 6) is 0.527. The molecule has 0 radical (unpaired) electrons. The first-order chi connectivity index (χ1) is 7.16. The summed E-state index contributed by atoms with van der Waals surface area (Å²) in [7, 11) is 0. The Morgan fingerprint density at radius 2 is 2.20 bits per heavy atom. The van der Waals surface area contributed by atoms with Crippen molar-refractivity contribution >= 4 is 27.5 Å². The fourth-order valence-corrected chi connectivity index (χ4v) is 2.48. The van der Waals surface area contributed by atoms with Crippen LogP contribution in [0.15, 0.2) is 22.7 Å². The van der Waals surface area contributed by atoms with Crippen molar-refractivity contribution in [3.63, 3.8) is 0 Å². The lowest BCUT2D eigenvalue weighted by atomic mass is 10.1. The van der Waals surface area contributed by atoms with Crippen LogP contribution < -0.4 is 0 Å². The van der Waals surface area contributed by atoms with Crippen LogP contribution in [0.25, 0.3) is 0 Å². The summed E-state index contributed by atoms with van der Waals surface area (Å²) in [6.45, 7) is 0. The summed E-state index contributed by atoms with van der Waals surface area (Å²) >= 11 is 9.40. The normalized spacial score (nSPS) is 17.8. The van der Waals surface area contributed by atoms with Crippen LogP contribution in [0.2, 0.25) is 0 Å². The zero-order valence-corrected chi connectivity index (χ0v) is 10.7. The van der Waals surface area contributed by atoms with E-state index in [9.17, 15) is 4.39 Å². The zero-order valence-electron chi connectivity index (χ0n) is 8.35. The SMILES string of the molecule is Fc1ccc(CCC(Cl)C2CC2)cc1Br. The highest BCUT2D eigenvalue weighted by molar-refractivity contribution is 9.10. The monoisotopic (exact) mass is 290 g/mol. The number of rotatable bonds is 4. The zero-order chi connectivity index (χ0) is 10.8. The molecular formula is C12H13BrClF. The Morgan fingerprint density at radius 3 is 2.80 bits per heavy atom. The van der Waals surface area contributed by atoms with E-state index in [-0.39, 0.29) is 5.82 Å². The average Bonchev–Trinajstić information content (AvgIpc) is 3.03. The molecule has 1 aliphatic rings. The highest BCUT2D eigenvalue weighted by Gasteiger charge is 2.29. The minimum Gasteiger partial charge on any atom is -0.206 e. The lowest BCUT2D eigenvalue weighted by Crippen LogP contribution is -2.03. The Bertz CT molecular complexity index is 349. The molecule has 82 valence electrons. The molecule has 0 nitrogen and oxygen atoms in total. The van der Waals surface area contributed by atoms with Crippen LogP contribution in [0.3, 0.4) is 0 Å². The summed E-state index contributed by atoms with van der Waals surface area (Å²) in [4.78, 5) is 0. The van der Waals surface area contributed by atoms with Crippen molar-refractivity contribution in [1.82, 2.24) is 0 Å². The van der Waals surface area contributed by atoms with Gasteiger partial charge in [0.2, 0.25) is 0 Å². The predicted octanol–water partition coefficient (Wildman–Crippen LogP) is 4.54. The van der Waals surface area contributed by atoms with E-state index in [1.54, 1.807) is 0 Å². The molecule has 2 rings (SSSR count). The molecule has 0 heterocycles. The number of halogens is 3. The maximum Gasteiger partial charge on any atom is 0.137 e. The second kappa shape index (κ2) is 4.84. The van der Waals surface area contributed by atoms with E-state index in [1.807, 2.05) is 12.1 Å². The van der Waals surface area contributed by atoms with Crippen LogP contribution in [0.5, 0.6) is 0 Å². The Labute approximate surface area is 103 Å². The van der Waals surface area contributed by atoms with Crippen molar-refractivity contribution in [2.75, 3.05) is 0 Å². The number of benzene rings is 1. The molecule has 0 amide bonds. The molecule has 3 heteroatoms. The van der Waals surface area contributed by atoms with Gasteiger partial charge in [-0.3, -0.25) is 0 Å². The lowest BCUT2D eigenvalue weighted by Gasteiger charge is -2.07. The largest absolute Gasteiger partial charge is 0.206 e. The predicted molar refractivity (Wildman–Crippen MR) is 64.8 cm³/mol. The molecule has 0 bridgehead atoms. The van der Waals surface area contributed by atoms with Crippen LogP contribution in [0, 0.1) is 11.7 Å². The first-order valence-corrected chi connectivity index (χ1v) is 6.48. The molecule has 1 atom stereocenters. The van der Waals surface area contributed by atoms with Crippen LogP contribution in [-0.4, -0.2) is 5.38 Å². The second-order valence-electron chi connectivity index (χ2n) is 4.14. The Hall–Kier alpha value is -0.0800. The van der Waals surface area contributed by atoms with Gasteiger partial charge in [0.25, 0.3) is 0 Å². The van der Waals surface area contributed by atoms with Crippen molar-refractivity contribution in [1.29, 1.82) is 0 Å². The topological polar surface area (TPSA) is 0 Å². The van der Waals surface area contributed by atoms with Crippen LogP contribution in [-0.2, 0) is 6.42 Å². The van der Waals surface area contributed by atoms with Gasteiger partial charge >= 0.3 is 0 Å². The van der Waals surface area contributed by atoms with Crippen LogP contribution >= 0.6 is 27.5 Å². The first-order valence-electron chi connectivity index (χ1n) is 5.25. The van der Waals surface area contributed by atoms with Crippen molar-refractivity contribution in [3.8, 4) is 0 Å². The van der Waals surface area contributed by atoms with Gasteiger partial charge < -0.3 is 0 Å². The molecule has 0 aromatic heterocycles. The summed E-state index contributed by atoms with van der Waals surface area (Å²) in [6.07, 6.45) is 4.48. The van der Waals surface area contributed by atoms with E-state index >= 15 is 0 Å². The first kappa shape index (κ1) is 11.4. The quantitative estimate of drug-likeness (QED) is 0.715. The van der Waals surface area contributed by atoms with Crippen LogP contribution in [0.1, 0.15) is 24.8 Å². The maximum atomic E-state index is 13.0. The van der Waals surface area contributed by atoms with Crippen molar-refractivity contribution in [3.05, 3.63) is 34.1 Å². The number of hydrogen-bond donors (Lipinski definition) is 0. The summed E-state index contributed by atoms with van der Waals surface area (Å²) in [5, 5.41) is 0.300. The molecule has 0 aliphatic heterocycles. The molecule has 1 fully saturated rings. The average molecular weight is 292 g/mol. The molecule has 1 aromatic rings. The molecule has 0 spiro atoms. The molecule has 1 aliphatic carbocycles. The third-order valence-corrected chi connectivity index (χ3v) is 4.01. The Kier molecular flexibility index (Phi) is 3.68. The van der Waals surface area contributed by atoms with Crippen molar-refractivity contribution in [2.24, 2.45) is 5.92 Å². The third-order valence-electron chi connectivity index (χ3n) is 2.83. The Morgan fingerprint density at radius 1 is 1.47 bits per heavy atom. The van der Waals surface area contributed by atoms with Gasteiger partial charge in [-0.1, -0.05) is 6.07 Å². The standard InChI is InChI=1S/C12H13BrClF/c13-10-7-8(2-6-12(10)15)1-5-11(14)9-3-4-9/h2,6-7,9,11H,1,3-5H2. The van der Waals surface area contributed by atoms with Crippen molar-refractivity contribution in [2.45, 2.75) is 31.1 Å².